The molecule has 7 heteroatoms. The van der Waals surface area contributed by atoms with E-state index in [2.05, 4.69) is 53.3 Å². The summed E-state index contributed by atoms with van der Waals surface area (Å²) in [4.78, 5) is 39.2. The van der Waals surface area contributed by atoms with E-state index in [1.165, 1.54) is 17.2 Å². The molecule has 1 fully saturated rings. The molecule has 6 nitrogen and oxygen atoms in total. The summed E-state index contributed by atoms with van der Waals surface area (Å²) < 4.78 is 6.44. The molecule has 4 amide bonds. The molecule has 1 N–H and O–H groups in total. The largest absolute Gasteiger partial charge is 0.496 e. The van der Waals surface area contributed by atoms with Gasteiger partial charge in [0.25, 0.3) is 11.8 Å². The van der Waals surface area contributed by atoms with E-state index in [0.717, 1.165) is 26.1 Å². The summed E-state index contributed by atoms with van der Waals surface area (Å²) in [7, 11) is 1.58. The highest BCUT2D eigenvalue weighted by Gasteiger charge is 2.36. The molecule has 1 heterocycles. The molecule has 178 valence electrons. The van der Waals surface area contributed by atoms with Crippen molar-refractivity contribution in [1.29, 1.82) is 0 Å². The van der Waals surface area contributed by atoms with Gasteiger partial charge < -0.3 is 4.74 Å². The lowest BCUT2D eigenvalue weighted by atomic mass is 9.98. The number of barbiturate groups is 1. The van der Waals surface area contributed by atoms with Crippen molar-refractivity contribution in [3.63, 3.8) is 0 Å². The maximum Gasteiger partial charge on any atom is 0.335 e. The summed E-state index contributed by atoms with van der Waals surface area (Å²) in [5.74, 6) is -0.796. The van der Waals surface area contributed by atoms with Gasteiger partial charge >= 0.3 is 6.03 Å². The zero-order valence-electron chi connectivity index (χ0n) is 19.9. The standard InChI is InChI=1S/C28H25BrN2O4/c1-16-5-7-21(8-6-16)31-27(33)23(26(32)30-28(31)34)13-20-14-24(29)22(25(15-20)35-4)12-19-10-17(2)9-18(3)11-19/h5-11,13-15H,12H2,1-4H3,(H,30,32,34)/b23-13+. The fourth-order valence-electron chi connectivity index (χ4n) is 4.20. The first-order valence-electron chi connectivity index (χ1n) is 11.1. The predicted molar refractivity (Wildman–Crippen MR) is 140 cm³/mol. The van der Waals surface area contributed by atoms with Crippen LogP contribution in [0.25, 0.3) is 6.08 Å². The van der Waals surface area contributed by atoms with Crippen LogP contribution in [-0.4, -0.2) is 25.0 Å². The van der Waals surface area contributed by atoms with Crippen LogP contribution in [-0.2, 0) is 16.0 Å². The lowest BCUT2D eigenvalue weighted by molar-refractivity contribution is -0.122. The first-order chi connectivity index (χ1) is 16.7. The number of aryl methyl sites for hydroxylation is 3. The Balaban J connectivity index is 1.70. The third-order valence-electron chi connectivity index (χ3n) is 5.76. The van der Waals surface area contributed by atoms with Gasteiger partial charge in [0.1, 0.15) is 11.3 Å². The van der Waals surface area contributed by atoms with E-state index in [9.17, 15) is 14.4 Å². The van der Waals surface area contributed by atoms with Crippen LogP contribution in [0.4, 0.5) is 10.5 Å². The Morgan fingerprint density at radius 3 is 2.20 bits per heavy atom. The van der Waals surface area contributed by atoms with E-state index in [1.54, 1.807) is 37.4 Å². The van der Waals surface area contributed by atoms with Crippen molar-refractivity contribution in [2.45, 2.75) is 27.2 Å². The van der Waals surface area contributed by atoms with Crippen LogP contribution in [0, 0.1) is 20.8 Å². The van der Waals surface area contributed by atoms with E-state index < -0.39 is 17.8 Å². The van der Waals surface area contributed by atoms with Gasteiger partial charge in [0.2, 0.25) is 0 Å². The average molecular weight is 533 g/mol. The number of methoxy groups -OCH3 is 1. The molecule has 1 aliphatic heterocycles. The number of ether oxygens (including phenoxy) is 1. The van der Waals surface area contributed by atoms with Gasteiger partial charge in [0.15, 0.2) is 0 Å². The summed E-state index contributed by atoms with van der Waals surface area (Å²) in [6.07, 6.45) is 2.12. The Bertz CT molecular complexity index is 1360. The van der Waals surface area contributed by atoms with Crippen molar-refractivity contribution in [1.82, 2.24) is 5.32 Å². The SMILES string of the molecule is COc1cc(/C=C2\C(=O)NC(=O)N(c3ccc(C)cc3)C2=O)cc(Br)c1Cc1cc(C)cc(C)c1. The van der Waals surface area contributed by atoms with Gasteiger partial charge in [-0.15, -0.1) is 0 Å². The van der Waals surface area contributed by atoms with Crippen LogP contribution < -0.4 is 15.0 Å². The quantitative estimate of drug-likeness (QED) is 0.340. The van der Waals surface area contributed by atoms with Crippen molar-refractivity contribution >= 4 is 45.5 Å². The number of anilines is 1. The Labute approximate surface area is 212 Å². The third kappa shape index (κ3) is 5.20. The number of nitrogens with zero attached hydrogens (tertiary/aromatic N) is 1. The monoisotopic (exact) mass is 532 g/mol. The third-order valence-corrected chi connectivity index (χ3v) is 6.47. The van der Waals surface area contributed by atoms with Gasteiger partial charge in [-0.05, 0) is 62.2 Å². The molecule has 35 heavy (non-hydrogen) atoms. The van der Waals surface area contributed by atoms with Crippen LogP contribution in [0.3, 0.4) is 0 Å². The lowest BCUT2D eigenvalue weighted by Gasteiger charge is -2.26. The number of carbonyl (C=O) groups excluding carboxylic acids is 3. The number of rotatable bonds is 5. The molecule has 0 bridgehead atoms. The Kier molecular flexibility index (Phi) is 6.89. The van der Waals surface area contributed by atoms with Crippen molar-refractivity contribution in [3.8, 4) is 5.75 Å². The zero-order chi connectivity index (χ0) is 25.3. The number of benzene rings is 3. The van der Waals surface area contributed by atoms with Crippen molar-refractivity contribution in [2.24, 2.45) is 0 Å². The van der Waals surface area contributed by atoms with E-state index in [1.807, 2.05) is 13.0 Å². The first-order valence-corrected chi connectivity index (χ1v) is 11.9. The maximum atomic E-state index is 13.2. The number of urea groups is 1. The number of halogens is 1. The molecule has 1 aliphatic rings. The minimum absolute atomic E-state index is 0.138. The Hall–Kier alpha value is -3.71. The normalized spacial score (nSPS) is 14.9. The summed E-state index contributed by atoms with van der Waals surface area (Å²) in [5.41, 5.74) is 6.31. The minimum Gasteiger partial charge on any atom is -0.496 e. The van der Waals surface area contributed by atoms with Crippen LogP contribution in [0.1, 0.15) is 33.4 Å². The Morgan fingerprint density at radius 2 is 1.57 bits per heavy atom. The zero-order valence-corrected chi connectivity index (χ0v) is 21.5. The van der Waals surface area contributed by atoms with Crippen LogP contribution in [0.2, 0.25) is 0 Å². The lowest BCUT2D eigenvalue weighted by Crippen LogP contribution is -2.54. The van der Waals surface area contributed by atoms with Gasteiger partial charge in [-0.2, -0.15) is 0 Å². The number of amides is 4. The van der Waals surface area contributed by atoms with Gasteiger partial charge in [0.05, 0.1) is 12.8 Å². The summed E-state index contributed by atoms with van der Waals surface area (Å²) in [5, 5.41) is 2.26. The van der Waals surface area contributed by atoms with E-state index in [4.69, 9.17) is 4.74 Å². The molecule has 0 atom stereocenters. The molecule has 0 unspecified atom stereocenters. The van der Waals surface area contributed by atoms with E-state index >= 15 is 0 Å². The molecule has 3 aromatic carbocycles. The van der Waals surface area contributed by atoms with Crippen LogP contribution in [0.15, 0.2) is 64.6 Å². The molecule has 0 spiro atoms. The number of imide groups is 2. The Morgan fingerprint density at radius 1 is 0.914 bits per heavy atom. The van der Waals surface area contributed by atoms with Gasteiger partial charge in [-0.1, -0.05) is 63.0 Å². The molecule has 3 aromatic rings. The second-order valence-corrected chi connectivity index (χ2v) is 9.50. The number of hydrogen-bond donors (Lipinski definition) is 1. The van der Waals surface area contributed by atoms with Crippen molar-refractivity contribution in [3.05, 3.63) is 98.0 Å². The second-order valence-electron chi connectivity index (χ2n) is 8.65. The topological polar surface area (TPSA) is 75.7 Å². The number of nitrogens with one attached hydrogen (secondary N) is 1. The smallest absolute Gasteiger partial charge is 0.335 e. The second kappa shape index (κ2) is 9.88. The summed E-state index contributed by atoms with van der Waals surface area (Å²) >= 11 is 3.63. The molecular formula is C28H25BrN2O4. The highest BCUT2D eigenvalue weighted by molar-refractivity contribution is 9.10. The molecule has 0 aromatic heterocycles. The summed E-state index contributed by atoms with van der Waals surface area (Å²) in [6, 6.07) is 16.2. The number of carbonyl (C=O) groups is 3. The molecular weight excluding hydrogens is 508 g/mol. The van der Waals surface area contributed by atoms with Crippen molar-refractivity contribution in [2.75, 3.05) is 12.0 Å². The van der Waals surface area contributed by atoms with E-state index in [-0.39, 0.29) is 5.57 Å². The highest BCUT2D eigenvalue weighted by Crippen LogP contribution is 2.33. The predicted octanol–water partition coefficient (Wildman–Crippen LogP) is 5.64. The molecule has 1 saturated heterocycles. The molecule has 0 saturated carbocycles. The van der Waals surface area contributed by atoms with Crippen LogP contribution in [0.5, 0.6) is 5.75 Å². The number of hydrogen-bond acceptors (Lipinski definition) is 4. The van der Waals surface area contributed by atoms with Crippen molar-refractivity contribution < 1.29 is 19.1 Å². The van der Waals surface area contributed by atoms with Gasteiger partial charge in [0, 0.05) is 16.5 Å². The van der Waals surface area contributed by atoms with Gasteiger partial charge in [-0.25, -0.2) is 9.69 Å². The summed E-state index contributed by atoms with van der Waals surface area (Å²) in [6.45, 7) is 6.04. The highest BCUT2D eigenvalue weighted by atomic mass is 79.9. The minimum atomic E-state index is -0.774. The fraction of sp³-hybridized carbons (Fsp3) is 0.179. The molecule has 0 radical (unpaired) electrons. The van der Waals surface area contributed by atoms with Crippen LogP contribution >= 0.6 is 15.9 Å². The molecule has 0 aliphatic carbocycles. The molecule has 4 rings (SSSR count). The fourth-order valence-corrected chi connectivity index (χ4v) is 4.80. The maximum absolute atomic E-state index is 13.2. The average Bonchev–Trinajstić information content (AvgIpc) is 2.78. The van der Waals surface area contributed by atoms with E-state index in [0.29, 0.717) is 23.4 Å². The van der Waals surface area contributed by atoms with Gasteiger partial charge in [-0.3, -0.25) is 14.9 Å². The first kappa shape index (κ1) is 24.4.